The Morgan fingerprint density at radius 3 is 2.92 bits per heavy atom. The molecule has 0 saturated carbocycles. The molecule has 0 aliphatic heterocycles. The standard InChI is InChI=1S/C19H22N6O/c1-2-15(24-11-5-10-21-24)19-22-18(12-17(20)26)23-25(19)16-9-4-7-13-6-3-8-14(13)16/h4-5,7,9-11,15H,2-3,6,8,12H2,1H3,(H2,20,26). The third-order valence-electron chi connectivity index (χ3n) is 4.89. The molecule has 0 spiro atoms. The maximum atomic E-state index is 11.4. The number of benzene rings is 1. The highest BCUT2D eigenvalue weighted by Crippen LogP contribution is 2.30. The molecule has 1 atom stereocenters. The fourth-order valence-corrected chi connectivity index (χ4v) is 3.74. The smallest absolute Gasteiger partial charge is 0.225 e. The van der Waals surface area contributed by atoms with Crippen LogP contribution < -0.4 is 5.73 Å². The highest BCUT2D eigenvalue weighted by atomic mass is 16.1. The van der Waals surface area contributed by atoms with Gasteiger partial charge in [-0.05, 0) is 48.9 Å². The fourth-order valence-electron chi connectivity index (χ4n) is 3.74. The first-order valence-electron chi connectivity index (χ1n) is 9.01. The van der Waals surface area contributed by atoms with E-state index in [0.29, 0.717) is 5.82 Å². The molecule has 1 aliphatic rings. The van der Waals surface area contributed by atoms with Gasteiger partial charge in [0.05, 0.1) is 12.1 Å². The maximum Gasteiger partial charge on any atom is 0.225 e. The van der Waals surface area contributed by atoms with E-state index in [2.05, 4.69) is 40.3 Å². The van der Waals surface area contributed by atoms with Crippen molar-refractivity contribution in [1.82, 2.24) is 24.5 Å². The van der Waals surface area contributed by atoms with Crippen LogP contribution in [0.15, 0.2) is 36.7 Å². The van der Waals surface area contributed by atoms with Gasteiger partial charge in [-0.25, -0.2) is 9.67 Å². The second kappa shape index (κ2) is 6.74. The lowest BCUT2D eigenvalue weighted by molar-refractivity contribution is -0.117. The van der Waals surface area contributed by atoms with Crippen molar-refractivity contribution in [3.05, 3.63) is 59.4 Å². The summed E-state index contributed by atoms with van der Waals surface area (Å²) in [6, 6.07) is 8.15. The van der Waals surface area contributed by atoms with Gasteiger partial charge in [0.15, 0.2) is 11.6 Å². The van der Waals surface area contributed by atoms with Crippen LogP contribution >= 0.6 is 0 Å². The van der Waals surface area contributed by atoms with E-state index in [-0.39, 0.29) is 12.5 Å². The van der Waals surface area contributed by atoms with Gasteiger partial charge in [0.25, 0.3) is 0 Å². The topological polar surface area (TPSA) is 91.6 Å². The van der Waals surface area contributed by atoms with E-state index in [1.54, 1.807) is 6.20 Å². The molecule has 7 nitrogen and oxygen atoms in total. The van der Waals surface area contributed by atoms with Crippen LogP contribution in [0.5, 0.6) is 0 Å². The molecule has 2 aromatic heterocycles. The van der Waals surface area contributed by atoms with E-state index in [0.717, 1.165) is 37.2 Å². The number of carbonyl (C=O) groups excluding carboxylic acids is 1. The zero-order valence-corrected chi connectivity index (χ0v) is 14.8. The number of hydrogen-bond donors (Lipinski definition) is 1. The first kappa shape index (κ1) is 16.5. The minimum Gasteiger partial charge on any atom is -0.369 e. The van der Waals surface area contributed by atoms with E-state index in [1.807, 2.05) is 21.6 Å². The second-order valence-electron chi connectivity index (χ2n) is 6.62. The summed E-state index contributed by atoms with van der Waals surface area (Å²) < 4.78 is 3.77. The molecule has 1 aromatic carbocycles. The Labute approximate surface area is 151 Å². The van der Waals surface area contributed by atoms with Crippen molar-refractivity contribution in [2.75, 3.05) is 0 Å². The number of carbonyl (C=O) groups is 1. The Hall–Kier alpha value is -2.96. The Morgan fingerprint density at radius 2 is 2.19 bits per heavy atom. The number of amides is 1. The van der Waals surface area contributed by atoms with Crippen LogP contribution in [0.25, 0.3) is 5.69 Å². The summed E-state index contributed by atoms with van der Waals surface area (Å²) in [4.78, 5) is 16.1. The number of rotatable bonds is 6. The van der Waals surface area contributed by atoms with E-state index in [9.17, 15) is 4.79 Å². The van der Waals surface area contributed by atoms with Crippen molar-refractivity contribution in [2.45, 2.75) is 45.1 Å². The molecule has 0 bridgehead atoms. The maximum absolute atomic E-state index is 11.4. The third-order valence-corrected chi connectivity index (χ3v) is 4.89. The monoisotopic (exact) mass is 350 g/mol. The number of primary amides is 1. The van der Waals surface area contributed by atoms with Gasteiger partial charge in [-0.2, -0.15) is 10.2 Å². The highest BCUT2D eigenvalue weighted by Gasteiger charge is 2.25. The van der Waals surface area contributed by atoms with Crippen molar-refractivity contribution in [3.63, 3.8) is 0 Å². The van der Waals surface area contributed by atoms with E-state index < -0.39 is 5.91 Å². The molecule has 4 rings (SSSR count). The van der Waals surface area contributed by atoms with Gasteiger partial charge in [-0.1, -0.05) is 19.1 Å². The first-order valence-corrected chi connectivity index (χ1v) is 9.01. The average molecular weight is 350 g/mol. The molecule has 7 heteroatoms. The van der Waals surface area contributed by atoms with Gasteiger partial charge in [0.1, 0.15) is 6.04 Å². The minimum atomic E-state index is -0.431. The molecule has 0 fully saturated rings. The van der Waals surface area contributed by atoms with Crippen LogP contribution in [0.1, 0.15) is 48.6 Å². The second-order valence-corrected chi connectivity index (χ2v) is 6.62. The normalized spacial score (nSPS) is 14.3. The molecule has 134 valence electrons. The summed E-state index contributed by atoms with van der Waals surface area (Å²) in [7, 11) is 0. The van der Waals surface area contributed by atoms with E-state index >= 15 is 0 Å². The summed E-state index contributed by atoms with van der Waals surface area (Å²) in [5, 5.41) is 9.03. The van der Waals surface area contributed by atoms with Crippen molar-refractivity contribution in [1.29, 1.82) is 0 Å². The van der Waals surface area contributed by atoms with Gasteiger partial charge in [0.2, 0.25) is 5.91 Å². The number of nitrogens with zero attached hydrogens (tertiary/aromatic N) is 5. The molecule has 3 aromatic rings. The summed E-state index contributed by atoms with van der Waals surface area (Å²) in [5.41, 5.74) is 9.10. The minimum absolute atomic E-state index is 0.0323. The molecule has 2 N–H and O–H groups in total. The van der Waals surface area contributed by atoms with Gasteiger partial charge < -0.3 is 5.73 Å². The van der Waals surface area contributed by atoms with Gasteiger partial charge >= 0.3 is 0 Å². The third kappa shape index (κ3) is 2.89. The molecule has 2 heterocycles. The van der Waals surface area contributed by atoms with Crippen LogP contribution in [0.3, 0.4) is 0 Å². The highest BCUT2D eigenvalue weighted by molar-refractivity contribution is 5.75. The Balaban J connectivity index is 1.87. The van der Waals surface area contributed by atoms with Gasteiger partial charge in [-0.3, -0.25) is 9.48 Å². The summed E-state index contributed by atoms with van der Waals surface area (Å²) in [6.07, 6.45) is 7.81. The Bertz CT molecular complexity index is 928. The molecule has 1 aliphatic carbocycles. The number of fused-ring (bicyclic) bond motifs is 1. The number of aryl methyl sites for hydroxylation is 1. The van der Waals surface area contributed by atoms with Crippen LogP contribution in [0.2, 0.25) is 0 Å². The van der Waals surface area contributed by atoms with E-state index in [1.165, 1.54) is 11.1 Å². The summed E-state index contributed by atoms with van der Waals surface area (Å²) >= 11 is 0. The average Bonchev–Trinajstić information content (AvgIpc) is 3.35. The van der Waals surface area contributed by atoms with Crippen molar-refractivity contribution < 1.29 is 4.79 Å². The van der Waals surface area contributed by atoms with Crippen molar-refractivity contribution in [2.24, 2.45) is 5.73 Å². The molecule has 0 radical (unpaired) electrons. The Kier molecular flexibility index (Phi) is 4.28. The van der Waals surface area contributed by atoms with E-state index in [4.69, 9.17) is 5.73 Å². The van der Waals surface area contributed by atoms with Crippen LogP contribution in [0, 0.1) is 0 Å². The SMILES string of the molecule is CCC(c1nc(CC(N)=O)nn1-c1cccc2c1CCC2)n1cccn1. The number of hydrogen-bond acceptors (Lipinski definition) is 4. The number of nitrogens with two attached hydrogens (primary N) is 1. The summed E-state index contributed by atoms with van der Waals surface area (Å²) in [5.74, 6) is 0.806. The fraction of sp³-hybridized carbons (Fsp3) is 0.368. The molecule has 1 amide bonds. The van der Waals surface area contributed by atoms with Crippen molar-refractivity contribution in [3.8, 4) is 5.69 Å². The van der Waals surface area contributed by atoms with Crippen molar-refractivity contribution >= 4 is 5.91 Å². The predicted octanol–water partition coefficient (Wildman–Crippen LogP) is 1.98. The molecule has 1 unspecified atom stereocenters. The van der Waals surface area contributed by atoms with Gasteiger partial charge in [-0.15, -0.1) is 0 Å². The molecular weight excluding hydrogens is 328 g/mol. The lowest BCUT2D eigenvalue weighted by Gasteiger charge is -2.17. The van der Waals surface area contributed by atoms with Crippen LogP contribution in [0.4, 0.5) is 0 Å². The first-order chi connectivity index (χ1) is 12.7. The van der Waals surface area contributed by atoms with Gasteiger partial charge in [0, 0.05) is 12.4 Å². The summed E-state index contributed by atoms with van der Waals surface area (Å²) in [6.45, 7) is 2.09. The van der Waals surface area contributed by atoms with Crippen LogP contribution in [-0.2, 0) is 24.1 Å². The Morgan fingerprint density at radius 1 is 1.31 bits per heavy atom. The molecule has 26 heavy (non-hydrogen) atoms. The predicted molar refractivity (Wildman–Crippen MR) is 96.9 cm³/mol. The zero-order chi connectivity index (χ0) is 18.1. The molecule has 0 saturated heterocycles. The zero-order valence-electron chi connectivity index (χ0n) is 14.8. The lowest BCUT2D eigenvalue weighted by atomic mass is 10.1. The lowest BCUT2D eigenvalue weighted by Crippen LogP contribution is -2.17. The largest absolute Gasteiger partial charge is 0.369 e. The van der Waals surface area contributed by atoms with Crippen LogP contribution in [-0.4, -0.2) is 30.5 Å². The molecular formula is C19H22N6O. The number of aromatic nitrogens is 5. The quantitative estimate of drug-likeness (QED) is 0.736.